The van der Waals surface area contributed by atoms with E-state index in [1.54, 1.807) is 12.1 Å². The number of aliphatic imine (C=N–C) groups is 1. The summed E-state index contributed by atoms with van der Waals surface area (Å²) in [5, 5.41) is 3.22. The summed E-state index contributed by atoms with van der Waals surface area (Å²) in [4.78, 5) is 6.50. The molecule has 0 spiro atoms. The molecule has 5 nitrogen and oxygen atoms in total. The Balaban J connectivity index is 0.00000450. The van der Waals surface area contributed by atoms with Crippen molar-refractivity contribution in [3.8, 4) is 5.75 Å². The van der Waals surface area contributed by atoms with Gasteiger partial charge in [0.2, 0.25) is 0 Å². The number of hydrogen-bond acceptors (Lipinski definition) is 3. The van der Waals surface area contributed by atoms with E-state index >= 15 is 0 Å². The van der Waals surface area contributed by atoms with E-state index in [-0.39, 0.29) is 29.7 Å². The van der Waals surface area contributed by atoms with Crippen LogP contribution in [0.2, 0.25) is 0 Å². The van der Waals surface area contributed by atoms with Crippen LogP contribution < -0.4 is 10.1 Å². The summed E-state index contributed by atoms with van der Waals surface area (Å²) in [6.07, 6.45) is 0. The summed E-state index contributed by atoms with van der Waals surface area (Å²) in [5.41, 5.74) is 1.99. The Morgan fingerprint density at radius 2 is 1.80 bits per heavy atom. The summed E-state index contributed by atoms with van der Waals surface area (Å²) < 4.78 is 41.1. The lowest BCUT2D eigenvalue weighted by Gasteiger charge is -2.22. The molecule has 0 aliphatic heterocycles. The van der Waals surface area contributed by atoms with Gasteiger partial charge < -0.3 is 15.0 Å². The Kier molecular flexibility index (Phi) is 12.5. The van der Waals surface area contributed by atoms with Crippen molar-refractivity contribution in [2.24, 2.45) is 4.99 Å². The molecule has 1 atom stereocenters. The molecule has 166 valence electrons. The van der Waals surface area contributed by atoms with Gasteiger partial charge in [0, 0.05) is 42.4 Å². The first-order valence-electron chi connectivity index (χ1n) is 9.40. The van der Waals surface area contributed by atoms with Crippen LogP contribution in [0.15, 0.2) is 59.6 Å². The van der Waals surface area contributed by atoms with Crippen molar-refractivity contribution in [1.82, 2.24) is 10.2 Å². The van der Waals surface area contributed by atoms with E-state index in [1.165, 1.54) is 12.1 Å². The minimum atomic E-state index is -2.83. The largest absolute Gasteiger partial charge is 0.435 e. The average molecular weight is 551 g/mol. The average Bonchev–Trinajstić information content (AvgIpc) is 2.69. The normalized spacial score (nSPS) is 12.2. The molecule has 0 heterocycles. The first kappa shape index (κ1) is 26.3. The van der Waals surface area contributed by atoms with Gasteiger partial charge in [-0.3, -0.25) is 9.20 Å². The van der Waals surface area contributed by atoms with Gasteiger partial charge in [-0.1, -0.05) is 42.5 Å². The van der Waals surface area contributed by atoms with Crippen LogP contribution in [-0.2, 0) is 23.1 Å². The van der Waals surface area contributed by atoms with Crippen molar-refractivity contribution in [2.45, 2.75) is 25.8 Å². The summed E-state index contributed by atoms with van der Waals surface area (Å²) >= 11 is 0. The van der Waals surface area contributed by atoms with E-state index in [9.17, 15) is 13.0 Å². The molecule has 0 fully saturated rings. The first-order chi connectivity index (χ1) is 14.0. The van der Waals surface area contributed by atoms with E-state index in [0.717, 1.165) is 11.1 Å². The molecule has 0 radical (unpaired) electrons. The van der Waals surface area contributed by atoms with Crippen LogP contribution in [-0.4, -0.2) is 47.6 Å². The van der Waals surface area contributed by atoms with Gasteiger partial charge in [0.05, 0.1) is 6.54 Å². The van der Waals surface area contributed by atoms with Crippen molar-refractivity contribution in [2.75, 3.05) is 25.9 Å². The third kappa shape index (κ3) is 9.84. The SMILES string of the molecule is CCNC(=NCCS(=O)Cc1ccccc1)N(C)Cc1ccc(OC(F)F)cc1.I. The van der Waals surface area contributed by atoms with E-state index in [2.05, 4.69) is 15.0 Å². The van der Waals surface area contributed by atoms with Gasteiger partial charge in [0.1, 0.15) is 5.75 Å². The number of nitrogens with zero attached hydrogens (tertiary/aromatic N) is 2. The molecule has 1 N–H and O–H groups in total. The minimum absolute atomic E-state index is 0. The Labute approximate surface area is 196 Å². The van der Waals surface area contributed by atoms with E-state index in [0.29, 0.717) is 37.1 Å². The van der Waals surface area contributed by atoms with Gasteiger partial charge in [0.15, 0.2) is 5.96 Å². The number of rotatable bonds is 10. The second-order valence-corrected chi connectivity index (χ2v) is 7.96. The molecular formula is C21H28F2IN3O2S. The van der Waals surface area contributed by atoms with Crippen LogP contribution in [0, 0.1) is 0 Å². The van der Waals surface area contributed by atoms with Crippen molar-refractivity contribution in [3.05, 3.63) is 65.7 Å². The fourth-order valence-corrected chi connectivity index (χ4v) is 3.68. The highest BCUT2D eigenvalue weighted by molar-refractivity contribution is 14.0. The van der Waals surface area contributed by atoms with Gasteiger partial charge >= 0.3 is 6.61 Å². The van der Waals surface area contributed by atoms with Crippen molar-refractivity contribution in [3.63, 3.8) is 0 Å². The highest BCUT2D eigenvalue weighted by Crippen LogP contribution is 2.15. The quantitative estimate of drug-likeness (QED) is 0.273. The Morgan fingerprint density at radius 3 is 2.40 bits per heavy atom. The zero-order chi connectivity index (χ0) is 21.1. The van der Waals surface area contributed by atoms with Crippen LogP contribution in [0.5, 0.6) is 5.75 Å². The van der Waals surface area contributed by atoms with Crippen LogP contribution >= 0.6 is 24.0 Å². The second kappa shape index (κ2) is 14.3. The lowest BCUT2D eigenvalue weighted by Crippen LogP contribution is -2.38. The number of nitrogens with one attached hydrogen (secondary N) is 1. The van der Waals surface area contributed by atoms with E-state index < -0.39 is 17.4 Å². The minimum Gasteiger partial charge on any atom is -0.435 e. The summed E-state index contributed by atoms with van der Waals surface area (Å²) in [6, 6.07) is 16.3. The van der Waals surface area contributed by atoms with Crippen molar-refractivity contribution < 1.29 is 17.7 Å². The monoisotopic (exact) mass is 551 g/mol. The summed E-state index contributed by atoms with van der Waals surface area (Å²) in [7, 11) is 0.916. The molecule has 0 saturated carbocycles. The van der Waals surface area contributed by atoms with E-state index in [4.69, 9.17) is 0 Å². The maximum Gasteiger partial charge on any atom is 0.387 e. The first-order valence-corrected chi connectivity index (χ1v) is 10.9. The number of hydrogen-bond donors (Lipinski definition) is 1. The molecular weight excluding hydrogens is 523 g/mol. The van der Waals surface area contributed by atoms with Crippen LogP contribution in [0.3, 0.4) is 0 Å². The standard InChI is InChI=1S/C21H27F2N3O2S.HI/c1-3-24-21(25-13-14-29(27)16-18-7-5-4-6-8-18)26(2)15-17-9-11-19(12-10-17)28-20(22)23;/h4-12,20H,3,13-16H2,1-2H3,(H,24,25);1H. The van der Waals surface area contributed by atoms with Crippen molar-refractivity contribution in [1.29, 1.82) is 0 Å². The molecule has 1 unspecified atom stereocenters. The Bertz CT molecular complexity index is 793. The summed E-state index contributed by atoms with van der Waals surface area (Å²) in [6.45, 7) is 0.856. The molecule has 0 aromatic heterocycles. The van der Waals surface area contributed by atoms with Gasteiger partial charge in [-0.25, -0.2) is 0 Å². The van der Waals surface area contributed by atoms with E-state index in [1.807, 2.05) is 49.2 Å². The summed E-state index contributed by atoms with van der Waals surface area (Å²) in [5.74, 6) is 1.84. The molecule has 2 rings (SSSR count). The fraction of sp³-hybridized carbons (Fsp3) is 0.381. The molecule has 0 amide bonds. The molecule has 0 bridgehead atoms. The predicted octanol–water partition coefficient (Wildman–Crippen LogP) is 4.25. The van der Waals surface area contributed by atoms with Gasteiger partial charge in [-0.15, -0.1) is 24.0 Å². The zero-order valence-corrected chi connectivity index (χ0v) is 20.2. The molecule has 30 heavy (non-hydrogen) atoms. The molecule has 2 aromatic carbocycles. The van der Waals surface area contributed by atoms with Crippen LogP contribution in [0.4, 0.5) is 8.78 Å². The smallest absolute Gasteiger partial charge is 0.387 e. The molecule has 9 heteroatoms. The number of benzene rings is 2. The third-order valence-electron chi connectivity index (χ3n) is 4.02. The third-order valence-corrected chi connectivity index (χ3v) is 5.31. The Hall–Kier alpha value is -1.75. The maximum absolute atomic E-state index is 12.3. The molecule has 0 saturated heterocycles. The number of guanidine groups is 1. The van der Waals surface area contributed by atoms with Crippen LogP contribution in [0.1, 0.15) is 18.1 Å². The molecule has 0 aliphatic carbocycles. The number of ether oxygens (including phenoxy) is 1. The number of alkyl halides is 2. The highest BCUT2D eigenvalue weighted by Gasteiger charge is 2.09. The van der Waals surface area contributed by atoms with Crippen molar-refractivity contribution >= 4 is 40.7 Å². The molecule has 2 aromatic rings. The Morgan fingerprint density at radius 1 is 1.13 bits per heavy atom. The highest BCUT2D eigenvalue weighted by atomic mass is 127. The number of halogens is 3. The lowest BCUT2D eigenvalue weighted by atomic mass is 10.2. The fourth-order valence-electron chi connectivity index (χ4n) is 2.68. The lowest BCUT2D eigenvalue weighted by molar-refractivity contribution is -0.0498. The van der Waals surface area contributed by atoms with Gasteiger partial charge in [-0.2, -0.15) is 8.78 Å². The topological polar surface area (TPSA) is 53.9 Å². The molecule has 0 aliphatic rings. The van der Waals surface area contributed by atoms with Crippen LogP contribution in [0.25, 0.3) is 0 Å². The van der Waals surface area contributed by atoms with Gasteiger partial charge in [-0.05, 0) is 30.2 Å². The maximum atomic E-state index is 12.3. The predicted molar refractivity (Wildman–Crippen MR) is 129 cm³/mol. The second-order valence-electron chi connectivity index (χ2n) is 6.39. The van der Waals surface area contributed by atoms with Gasteiger partial charge in [0.25, 0.3) is 0 Å². The zero-order valence-electron chi connectivity index (χ0n) is 17.1.